The first-order valence-corrected chi connectivity index (χ1v) is 7.84. The molecule has 6 heteroatoms. The van der Waals surface area contributed by atoms with Crippen LogP contribution >= 0.6 is 0 Å². The van der Waals surface area contributed by atoms with Gasteiger partial charge in [-0.25, -0.2) is 14.2 Å². The summed E-state index contributed by atoms with van der Waals surface area (Å²) < 4.78 is 12.9. The highest BCUT2D eigenvalue weighted by atomic mass is 19.1. The summed E-state index contributed by atoms with van der Waals surface area (Å²) in [6, 6.07) is 15.9. The van der Waals surface area contributed by atoms with Crippen molar-refractivity contribution in [3.05, 3.63) is 82.7 Å². The maximum atomic E-state index is 12.9. The number of fused-ring (bicyclic) bond motifs is 1. The number of nitrogens with zero attached hydrogens (tertiary/aromatic N) is 1. The van der Waals surface area contributed by atoms with Crippen LogP contribution in [0.5, 0.6) is 0 Å². The lowest BCUT2D eigenvalue weighted by Gasteiger charge is -2.07. The van der Waals surface area contributed by atoms with E-state index in [0.29, 0.717) is 6.54 Å². The van der Waals surface area contributed by atoms with Crippen LogP contribution in [0.2, 0.25) is 0 Å². The number of rotatable bonds is 4. The fourth-order valence-electron chi connectivity index (χ4n) is 2.68. The van der Waals surface area contributed by atoms with Gasteiger partial charge in [-0.05, 0) is 47.5 Å². The molecule has 0 aliphatic rings. The summed E-state index contributed by atoms with van der Waals surface area (Å²) in [5.41, 5.74) is 4.23. The van der Waals surface area contributed by atoms with Crippen molar-refractivity contribution in [1.29, 1.82) is 0 Å². The second kappa shape index (κ2) is 6.24. The van der Waals surface area contributed by atoms with E-state index in [1.807, 2.05) is 30.3 Å². The number of aromatic nitrogens is 3. The van der Waals surface area contributed by atoms with Gasteiger partial charge in [0.2, 0.25) is 0 Å². The number of imidazole rings is 1. The molecule has 2 aromatic heterocycles. The van der Waals surface area contributed by atoms with Crippen LogP contribution in [0.15, 0.2) is 65.6 Å². The van der Waals surface area contributed by atoms with Crippen molar-refractivity contribution in [2.45, 2.75) is 6.54 Å². The molecule has 0 saturated heterocycles. The van der Waals surface area contributed by atoms with Crippen LogP contribution in [0, 0.1) is 5.82 Å². The molecule has 0 atom stereocenters. The number of benzene rings is 2. The molecule has 4 rings (SSSR count). The Kier molecular flexibility index (Phi) is 3.78. The van der Waals surface area contributed by atoms with E-state index >= 15 is 0 Å². The minimum Gasteiger partial charge on any atom is -0.366 e. The van der Waals surface area contributed by atoms with Gasteiger partial charge in [0.1, 0.15) is 11.6 Å². The number of anilines is 1. The molecular weight excluding hydrogens is 319 g/mol. The van der Waals surface area contributed by atoms with Gasteiger partial charge in [0.25, 0.3) is 0 Å². The Labute approximate surface area is 142 Å². The second-order valence-electron chi connectivity index (χ2n) is 5.75. The van der Waals surface area contributed by atoms with Crippen LogP contribution in [0.3, 0.4) is 0 Å². The van der Waals surface area contributed by atoms with Crippen molar-refractivity contribution < 1.29 is 4.39 Å². The lowest BCUT2D eigenvalue weighted by atomic mass is 10.1. The lowest BCUT2D eigenvalue weighted by Crippen LogP contribution is -2.01. The number of hydrogen-bond acceptors (Lipinski definition) is 3. The molecule has 0 unspecified atom stereocenters. The van der Waals surface area contributed by atoms with Crippen LogP contribution < -0.4 is 11.0 Å². The summed E-state index contributed by atoms with van der Waals surface area (Å²) in [6.45, 7) is 0.573. The number of aromatic amines is 2. The maximum absolute atomic E-state index is 12.9. The molecule has 0 aliphatic heterocycles. The minimum atomic E-state index is -0.244. The van der Waals surface area contributed by atoms with Gasteiger partial charge in [-0.15, -0.1) is 0 Å². The number of hydrogen-bond donors (Lipinski definition) is 3. The molecule has 0 aliphatic carbocycles. The Bertz CT molecular complexity index is 1070. The molecule has 5 nitrogen and oxygen atoms in total. The molecule has 2 heterocycles. The third-order valence-electron chi connectivity index (χ3n) is 4.00. The van der Waals surface area contributed by atoms with Crippen LogP contribution in [0.25, 0.3) is 22.2 Å². The molecule has 0 bridgehead atoms. The Morgan fingerprint density at radius 1 is 0.920 bits per heavy atom. The summed E-state index contributed by atoms with van der Waals surface area (Å²) in [6.07, 6.45) is 1.78. The molecule has 0 spiro atoms. The van der Waals surface area contributed by atoms with Gasteiger partial charge in [-0.1, -0.05) is 18.2 Å². The van der Waals surface area contributed by atoms with E-state index in [0.717, 1.165) is 33.5 Å². The summed E-state index contributed by atoms with van der Waals surface area (Å²) in [7, 11) is 0. The van der Waals surface area contributed by atoms with Crippen LogP contribution in [-0.4, -0.2) is 15.0 Å². The van der Waals surface area contributed by atoms with Crippen LogP contribution in [0.1, 0.15) is 5.56 Å². The quantitative estimate of drug-likeness (QED) is 0.533. The van der Waals surface area contributed by atoms with E-state index < -0.39 is 0 Å². The zero-order valence-corrected chi connectivity index (χ0v) is 13.2. The van der Waals surface area contributed by atoms with Crippen molar-refractivity contribution in [3.8, 4) is 11.1 Å². The van der Waals surface area contributed by atoms with Gasteiger partial charge in [0.15, 0.2) is 0 Å². The standard InChI is InChI=1S/C19H15FN4O/c20-15-5-1-12(2-6-15)10-21-18-8-4-14(11-22-18)13-3-7-16-17(9-13)24-19(25)23-16/h1-9,11H,10H2,(H,21,22)(H2,23,24,25). The van der Waals surface area contributed by atoms with Crippen molar-refractivity contribution in [2.75, 3.05) is 5.32 Å². The average Bonchev–Trinajstić information content (AvgIpc) is 3.01. The topological polar surface area (TPSA) is 73.6 Å². The van der Waals surface area contributed by atoms with E-state index in [4.69, 9.17) is 0 Å². The number of nitrogens with one attached hydrogen (secondary N) is 3. The summed E-state index contributed by atoms with van der Waals surface area (Å²) in [5.74, 6) is 0.496. The van der Waals surface area contributed by atoms with E-state index in [2.05, 4.69) is 20.3 Å². The highest BCUT2D eigenvalue weighted by Gasteiger charge is 2.03. The van der Waals surface area contributed by atoms with E-state index in [-0.39, 0.29) is 11.5 Å². The first kappa shape index (κ1) is 15.1. The predicted octanol–water partition coefficient (Wildman–Crippen LogP) is 3.67. The van der Waals surface area contributed by atoms with Crippen molar-refractivity contribution >= 4 is 16.9 Å². The van der Waals surface area contributed by atoms with E-state index in [9.17, 15) is 9.18 Å². The molecule has 0 fully saturated rings. The molecule has 124 valence electrons. The Balaban J connectivity index is 1.50. The van der Waals surface area contributed by atoms with Crippen molar-refractivity contribution in [1.82, 2.24) is 15.0 Å². The van der Waals surface area contributed by atoms with Gasteiger partial charge in [-0.3, -0.25) is 0 Å². The third kappa shape index (κ3) is 3.28. The van der Waals surface area contributed by atoms with Gasteiger partial charge < -0.3 is 15.3 Å². The van der Waals surface area contributed by atoms with Crippen molar-refractivity contribution in [3.63, 3.8) is 0 Å². The summed E-state index contributed by atoms with van der Waals surface area (Å²) in [4.78, 5) is 21.2. The summed E-state index contributed by atoms with van der Waals surface area (Å²) in [5, 5.41) is 3.21. The second-order valence-corrected chi connectivity index (χ2v) is 5.75. The van der Waals surface area contributed by atoms with E-state index in [1.165, 1.54) is 12.1 Å². The SMILES string of the molecule is O=c1[nH]c2ccc(-c3ccc(NCc4ccc(F)cc4)nc3)cc2[nH]1. The Morgan fingerprint density at radius 2 is 1.68 bits per heavy atom. The van der Waals surface area contributed by atoms with Gasteiger partial charge in [-0.2, -0.15) is 0 Å². The predicted molar refractivity (Wildman–Crippen MR) is 95.9 cm³/mol. The Hall–Kier alpha value is -3.41. The van der Waals surface area contributed by atoms with Crippen molar-refractivity contribution in [2.24, 2.45) is 0 Å². The first-order chi connectivity index (χ1) is 12.2. The maximum Gasteiger partial charge on any atom is 0.323 e. The smallest absolute Gasteiger partial charge is 0.323 e. The number of pyridine rings is 1. The van der Waals surface area contributed by atoms with Gasteiger partial charge >= 0.3 is 5.69 Å². The molecule has 2 aromatic carbocycles. The highest BCUT2D eigenvalue weighted by molar-refractivity contribution is 5.81. The number of H-pyrrole nitrogens is 2. The zero-order valence-electron chi connectivity index (χ0n) is 13.2. The van der Waals surface area contributed by atoms with E-state index in [1.54, 1.807) is 18.3 Å². The Morgan fingerprint density at radius 3 is 2.44 bits per heavy atom. The third-order valence-corrected chi connectivity index (χ3v) is 4.00. The molecule has 0 radical (unpaired) electrons. The molecule has 25 heavy (non-hydrogen) atoms. The van der Waals surface area contributed by atoms with Crippen LogP contribution in [0.4, 0.5) is 10.2 Å². The minimum absolute atomic E-state index is 0.217. The zero-order chi connectivity index (χ0) is 17.2. The van der Waals surface area contributed by atoms with Gasteiger partial charge in [0.05, 0.1) is 11.0 Å². The fourth-order valence-corrected chi connectivity index (χ4v) is 2.68. The monoisotopic (exact) mass is 334 g/mol. The fraction of sp³-hybridized carbons (Fsp3) is 0.0526. The molecule has 3 N–H and O–H groups in total. The molecular formula is C19H15FN4O. The average molecular weight is 334 g/mol. The first-order valence-electron chi connectivity index (χ1n) is 7.84. The molecule has 0 amide bonds. The lowest BCUT2D eigenvalue weighted by molar-refractivity contribution is 0.627. The molecule has 0 saturated carbocycles. The highest BCUT2D eigenvalue weighted by Crippen LogP contribution is 2.22. The summed E-state index contributed by atoms with van der Waals surface area (Å²) >= 11 is 0. The molecule has 4 aromatic rings. The van der Waals surface area contributed by atoms with Crippen LogP contribution in [-0.2, 0) is 6.54 Å². The van der Waals surface area contributed by atoms with Gasteiger partial charge in [0, 0.05) is 18.3 Å². The number of halogens is 1. The largest absolute Gasteiger partial charge is 0.366 e. The normalized spacial score (nSPS) is 10.9.